The molecule has 4 aromatic rings. The molecule has 5 nitrogen and oxygen atoms in total. The van der Waals surface area contributed by atoms with Gasteiger partial charge in [-0.1, -0.05) is 41.9 Å². The third kappa shape index (κ3) is 4.35. The van der Waals surface area contributed by atoms with E-state index in [9.17, 15) is 4.79 Å². The van der Waals surface area contributed by atoms with Crippen LogP contribution in [0.2, 0.25) is 4.34 Å². The Kier molecular flexibility index (Phi) is 5.60. The van der Waals surface area contributed by atoms with Crippen LogP contribution in [0.15, 0.2) is 71.7 Å². The van der Waals surface area contributed by atoms with Crippen molar-refractivity contribution in [2.75, 3.05) is 5.32 Å². The molecule has 0 saturated carbocycles. The van der Waals surface area contributed by atoms with Crippen LogP contribution in [0, 0.1) is 0 Å². The molecule has 0 bridgehead atoms. The fourth-order valence-electron chi connectivity index (χ4n) is 2.98. The van der Waals surface area contributed by atoms with Gasteiger partial charge in [0.05, 0.1) is 22.1 Å². The fourth-order valence-corrected chi connectivity index (χ4v) is 4.01. The molecule has 0 saturated heterocycles. The first kappa shape index (κ1) is 18.5. The minimum atomic E-state index is -0.0403. The number of H-pyrrole nitrogens is 1. The number of aromatic amines is 1. The molecule has 0 spiro atoms. The first-order valence-corrected chi connectivity index (χ1v) is 10.2. The number of halogens is 1. The Morgan fingerprint density at radius 3 is 2.75 bits per heavy atom. The Balaban J connectivity index is 1.47. The van der Waals surface area contributed by atoms with E-state index in [-0.39, 0.29) is 5.56 Å². The molecule has 28 heavy (non-hydrogen) atoms. The summed E-state index contributed by atoms with van der Waals surface area (Å²) in [5.41, 5.74) is 2.38. The van der Waals surface area contributed by atoms with Crippen molar-refractivity contribution in [1.82, 2.24) is 14.8 Å². The molecule has 3 aromatic heterocycles. The van der Waals surface area contributed by atoms with E-state index in [1.807, 2.05) is 48.7 Å². The van der Waals surface area contributed by atoms with Crippen LogP contribution in [0.25, 0.3) is 11.3 Å². The lowest BCUT2D eigenvalue weighted by atomic mass is 10.1. The van der Waals surface area contributed by atoms with Gasteiger partial charge in [0.2, 0.25) is 0 Å². The average molecular weight is 411 g/mol. The summed E-state index contributed by atoms with van der Waals surface area (Å²) in [6, 6.07) is 19.6. The topological polar surface area (TPSA) is 62.7 Å². The largest absolute Gasteiger partial charge is 0.366 e. The molecule has 4 rings (SSSR count). The zero-order valence-corrected chi connectivity index (χ0v) is 16.6. The van der Waals surface area contributed by atoms with Crippen molar-refractivity contribution < 1.29 is 0 Å². The summed E-state index contributed by atoms with van der Waals surface area (Å²) in [5.74, 6) is 0.763. The fraction of sp³-hybridized carbons (Fsp3) is 0.143. The number of anilines is 1. The molecular formula is C21H19ClN4OS. The number of benzene rings is 1. The van der Waals surface area contributed by atoms with Crippen molar-refractivity contribution in [1.29, 1.82) is 0 Å². The summed E-state index contributed by atoms with van der Waals surface area (Å²) in [4.78, 5) is 14.0. The number of hydrogen-bond acceptors (Lipinski definition) is 4. The SMILES string of the molecule is O=c1c(-c2cc(NCc3ccc(Cl)s3)[nH]n2)cccn1CCc1ccccc1. The summed E-state index contributed by atoms with van der Waals surface area (Å²) in [6.45, 7) is 1.28. The normalized spacial score (nSPS) is 10.9. The molecule has 142 valence electrons. The first-order chi connectivity index (χ1) is 13.7. The molecule has 0 unspecified atom stereocenters. The summed E-state index contributed by atoms with van der Waals surface area (Å²) >= 11 is 7.49. The molecule has 0 radical (unpaired) electrons. The number of rotatable bonds is 7. The van der Waals surface area contributed by atoms with E-state index in [1.165, 1.54) is 16.9 Å². The van der Waals surface area contributed by atoms with Crippen LogP contribution in [0.1, 0.15) is 10.4 Å². The minimum absolute atomic E-state index is 0.0403. The van der Waals surface area contributed by atoms with Crippen molar-refractivity contribution >= 4 is 28.8 Å². The zero-order chi connectivity index (χ0) is 19.3. The lowest BCUT2D eigenvalue weighted by molar-refractivity contribution is 0.670. The van der Waals surface area contributed by atoms with Gasteiger partial charge < -0.3 is 9.88 Å². The quantitative estimate of drug-likeness (QED) is 0.459. The maximum atomic E-state index is 12.9. The molecule has 0 aliphatic heterocycles. The number of thiophene rings is 1. The maximum Gasteiger partial charge on any atom is 0.260 e. The number of nitrogens with one attached hydrogen (secondary N) is 2. The van der Waals surface area contributed by atoms with Crippen LogP contribution < -0.4 is 10.9 Å². The molecule has 7 heteroatoms. The van der Waals surface area contributed by atoms with Gasteiger partial charge in [-0.2, -0.15) is 5.10 Å². The minimum Gasteiger partial charge on any atom is -0.366 e. The van der Waals surface area contributed by atoms with E-state index in [0.717, 1.165) is 21.5 Å². The van der Waals surface area contributed by atoms with Gasteiger partial charge in [-0.25, -0.2) is 0 Å². The molecule has 0 atom stereocenters. The number of hydrogen-bond donors (Lipinski definition) is 2. The summed E-state index contributed by atoms with van der Waals surface area (Å²) in [7, 11) is 0. The van der Waals surface area contributed by atoms with Crippen molar-refractivity contribution in [3.05, 3.63) is 92.0 Å². The third-order valence-electron chi connectivity index (χ3n) is 4.44. The average Bonchev–Trinajstić information content (AvgIpc) is 3.35. The Bertz CT molecular complexity index is 1120. The van der Waals surface area contributed by atoms with Crippen molar-refractivity contribution in [2.24, 2.45) is 0 Å². The lowest BCUT2D eigenvalue weighted by Gasteiger charge is -2.07. The van der Waals surface area contributed by atoms with Crippen LogP contribution in [-0.4, -0.2) is 14.8 Å². The Morgan fingerprint density at radius 1 is 1.11 bits per heavy atom. The maximum absolute atomic E-state index is 12.9. The second kappa shape index (κ2) is 8.46. The molecule has 0 aliphatic rings. The number of aromatic nitrogens is 3. The van der Waals surface area contributed by atoms with E-state index >= 15 is 0 Å². The van der Waals surface area contributed by atoms with Crippen LogP contribution in [0.5, 0.6) is 0 Å². The van der Waals surface area contributed by atoms with E-state index < -0.39 is 0 Å². The number of nitrogens with zero attached hydrogens (tertiary/aromatic N) is 2. The number of pyridine rings is 1. The van der Waals surface area contributed by atoms with E-state index in [2.05, 4.69) is 27.6 Å². The summed E-state index contributed by atoms with van der Waals surface area (Å²) in [6.07, 6.45) is 2.63. The van der Waals surface area contributed by atoms with Gasteiger partial charge in [0, 0.05) is 23.7 Å². The predicted octanol–water partition coefficient (Wildman–Crippen LogP) is 4.81. The third-order valence-corrected chi connectivity index (χ3v) is 5.67. The van der Waals surface area contributed by atoms with E-state index in [4.69, 9.17) is 11.6 Å². The molecule has 3 heterocycles. The highest BCUT2D eigenvalue weighted by molar-refractivity contribution is 7.16. The van der Waals surface area contributed by atoms with Gasteiger partial charge in [0.1, 0.15) is 5.82 Å². The smallest absolute Gasteiger partial charge is 0.260 e. The Morgan fingerprint density at radius 2 is 1.96 bits per heavy atom. The zero-order valence-electron chi connectivity index (χ0n) is 15.1. The Labute approximate surface area is 171 Å². The molecular weight excluding hydrogens is 392 g/mol. The van der Waals surface area contributed by atoms with Crippen LogP contribution in [-0.2, 0) is 19.5 Å². The highest BCUT2D eigenvalue weighted by Crippen LogP contribution is 2.23. The molecule has 2 N–H and O–H groups in total. The van der Waals surface area contributed by atoms with Gasteiger partial charge in [-0.15, -0.1) is 11.3 Å². The number of aryl methyl sites for hydroxylation is 2. The lowest BCUT2D eigenvalue weighted by Crippen LogP contribution is -2.21. The molecule has 1 aromatic carbocycles. The first-order valence-electron chi connectivity index (χ1n) is 8.96. The standard InChI is InChI=1S/C21H19ClN4OS/c22-19-9-8-16(28-19)14-23-20-13-18(24-25-20)17-7-4-11-26(21(17)27)12-10-15-5-2-1-3-6-15/h1-9,11,13H,10,12,14H2,(H2,23,24,25). The van der Waals surface area contributed by atoms with Crippen molar-refractivity contribution in [2.45, 2.75) is 19.5 Å². The summed E-state index contributed by atoms with van der Waals surface area (Å²) < 4.78 is 2.50. The van der Waals surface area contributed by atoms with Gasteiger partial charge in [-0.05, 0) is 36.2 Å². The predicted molar refractivity (Wildman–Crippen MR) is 115 cm³/mol. The Hall–Kier alpha value is -2.83. The van der Waals surface area contributed by atoms with Crippen molar-refractivity contribution in [3.63, 3.8) is 0 Å². The summed E-state index contributed by atoms with van der Waals surface area (Å²) in [5, 5.41) is 10.5. The monoisotopic (exact) mass is 410 g/mol. The van der Waals surface area contributed by atoms with E-state index in [0.29, 0.717) is 24.3 Å². The van der Waals surface area contributed by atoms with Gasteiger partial charge in [0.15, 0.2) is 0 Å². The van der Waals surface area contributed by atoms with Crippen LogP contribution in [0.3, 0.4) is 0 Å². The van der Waals surface area contributed by atoms with Gasteiger partial charge in [-0.3, -0.25) is 9.89 Å². The van der Waals surface area contributed by atoms with Crippen LogP contribution in [0.4, 0.5) is 5.82 Å². The van der Waals surface area contributed by atoms with E-state index in [1.54, 1.807) is 10.6 Å². The van der Waals surface area contributed by atoms with Crippen LogP contribution >= 0.6 is 22.9 Å². The highest BCUT2D eigenvalue weighted by atomic mass is 35.5. The molecule has 0 aliphatic carbocycles. The highest BCUT2D eigenvalue weighted by Gasteiger charge is 2.10. The molecule has 0 amide bonds. The van der Waals surface area contributed by atoms with Gasteiger partial charge >= 0.3 is 0 Å². The second-order valence-corrected chi connectivity index (χ2v) is 8.18. The van der Waals surface area contributed by atoms with Gasteiger partial charge in [0.25, 0.3) is 5.56 Å². The molecule has 0 fully saturated rings. The van der Waals surface area contributed by atoms with Crippen molar-refractivity contribution in [3.8, 4) is 11.3 Å². The second-order valence-electron chi connectivity index (χ2n) is 6.38.